The van der Waals surface area contributed by atoms with Crippen molar-refractivity contribution in [3.63, 3.8) is 0 Å². The first-order valence-corrected chi connectivity index (χ1v) is 11.3. The molecule has 3 N–H and O–H groups in total. The summed E-state index contributed by atoms with van der Waals surface area (Å²) >= 11 is 2.29. The molecule has 1 amide bonds. The predicted molar refractivity (Wildman–Crippen MR) is 121 cm³/mol. The molecule has 4 aromatic rings. The summed E-state index contributed by atoms with van der Waals surface area (Å²) in [7, 11) is 0. The monoisotopic (exact) mass is 488 g/mol. The van der Waals surface area contributed by atoms with Gasteiger partial charge in [0.15, 0.2) is 16.7 Å². The number of carbonyl (C=O) groups excluding carboxylic acids is 1. The number of nitrogens with zero attached hydrogens (tertiary/aromatic N) is 2. The fraction of sp³-hybridized carbons (Fsp3) is 0.0952. The van der Waals surface area contributed by atoms with Crippen LogP contribution in [0.2, 0.25) is 0 Å². The Bertz CT molecular complexity index is 1440. The smallest absolute Gasteiger partial charge is 0.395 e. The van der Waals surface area contributed by atoms with Gasteiger partial charge >= 0.3 is 6.29 Å². The van der Waals surface area contributed by atoms with E-state index in [0.29, 0.717) is 10.2 Å². The van der Waals surface area contributed by atoms with Gasteiger partial charge < -0.3 is 20.6 Å². The number of nitrogen functional groups attached to an aromatic ring is 1. The number of carbonyl (C=O) groups is 1. The van der Waals surface area contributed by atoms with E-state index >= 15 is 0 Å². The number of amides is 1. The Kier molecular flexibility index (Phi) is 5.17. The highest BCUT2D eigenvalue weighted by molar-refractivity contribution is 7.99. The van der Waals surface area contributed by atoms with Crippen LogP contribution < -0.4 is 26.2 Å². The van der Waals surface area contributed by atoms with Crippen molar-refractivity contribution in [2.45, 2.75) is 11.5 Å². The second-order valence-corrected chi connectivity index (χ2v) is 8.73. The van der Waals surface area contributed by atoms with Crippen molar-refractivity contribution in [1.29, 1.82) is 0 Å². The maximum atomic E-state index is 13.1. The molecule has 0 atom stereocenters. The third-order valence-electron chi connectivity index (χ3n) is 4.71. The Balaban J connectivity index is 1.32. The lowest BCUT2D eigenvalue weighted by atomic mass is 10.1. The van der Waals surface area contributed by atoms with E-state index in [1.807, 2.05) is 35.7 Å². The first-order valence-electron chi connectivity index (χ1n) is 9.48. The minimum absolute atomic E-state index is 0.114. The SMILES string of the molecule is Nn1c(SCC(=O)Nc2ccc3c(c2)OC(F)(F)O3)nc2scc(-c3ccccc3)c2c1=O. The van der Waals surface area contributed by atoms with Gasteiger partial charge in [0, 0.05) is 22.7 Å². The van der Waals surface area contributed by atoms with Gasteiger partial charge in [0.05, 0.1) is 11.1 Å². The molecule has 0 saturated heterocycles. The lowest BCUT2D eigenvalue weighted by Gasteiger charge is -2.08. The number of hydrogen-bond acceptors (Lipinski definition) is 8. The molecule has 12 heteroatoms. The van der Waals surface area contributed by atoms with Crippen molar-refractivity contribution < 1.29 is 23.0 Å². The molecule has 1 aliphatic rings. The third kappa shape index (κ3) is 4.10. The first-order chi connectivity index (χ1) is 15.8. The zero-order valence-electron chi connectivity index (χ0n) is 16.6. The van der Waals surface area contributed by atoms with E-state index in [1.165, 1.54) is 29.5 Å². The highest BCUT2D eigenvalue weighted by Gasteiger charge is 2.43. The number of ether oxygens (including phenoxy) is 2. The summed E-state index contributed by atoms with van der Waals surface area (Å²) in [4.78, 5) is 30.2. The molecule has 8 nitrogen and oxygen atoms in total. The fourth-order valence-electron chi connectivity index (χ4n) is 3.27. The average Bonchev–Trinajstić information content (AvgIpc) is 3.34. The van der Waals surface area contributed by atoms with Crippen LogP contribution in [0, 0.1) is 0 Å². The van der Waals surface area contributed by atoms with Gasteiger partial charge in [-0.25, -0.2) is 9.66 Å². The number of rotatable bonds is 5. The minimum atomic E-state index is -3.74. The lowest BCUT2D eigenvalue weighted by molar-refractivity contribution is -0.286. The number of aromatic nitrogens is 2. The number of alkyl halides is 2. The summed E-state index contributed by atoms with van der Waals surface area (Å²) in [6.07, 6.45) is -3.74. The van der Waals surface area contributed by atoms with Crippen molar-refractivity contribution in [2.75, 3.05) is 16.9 Å². The quantitative estimate of drug-likeness (QED) is 0.249. The highest BCUT2D eigenvalue weighted by Crippen LogP contribution is 2.42. The Morgan fingerprint density at radius 1 is 1.18 bits per heavy atom. The van der Waals surface area contributed by atoms with Crippen molar-refractivity contribution in [2.24, 2.45) is 0 Å². The van der Waals surface area contributed by atoms with Crippen LogP contribution in [-0.4, -0.2) is 27.6 Å². The van der Waals surface area contributed by atoms with E-state index in [0.717, 1.165) is 27.6 Å². The molecular weight excluding hydrogens is 474 g/mol. The number of nitrogens with two attached hydrogens (primary N) is 1. The molecule has 1 aliphatic heterocycles. The number of fused-ring (bicyclic) bond motifs is 2. The van der Waals surface area contributed by atoms with Crippen LogP contribution in [0.1, 0.15) is 0 Å². The summed E-state index contributed by atoms with van der Waals surface area (Å²) in [5.41, 5.74) is 1.46. The van der Waals surface area contributed by atoms with E-state index in [1.54, 1.807) is 0 Å². The number of benzene rings is 2. The molecule has 33 heavy (non-hydrogen) atoms. The maximum absolute atomic E-state index is 13.1. The van der Waals surface area contributed by atoms with Gasteiger partial charge in [-0.1, -0.05) is 42.1 Å². The second-order valence-electron chi connectivity index (χ2n) is 6.93. The van der Waals surface area contributed by atoms with E-state index in [9.17, 15) is 18.4 Å². The van der Waals surface area contributed by atoms with Gasteiger partial charge in [0.1, 0.15) is 4.83 Å². The zero-order chi connectivity index (χ0) is 23.2. The number of anilines is 1. The van der Waals surface area contributed by atoms with Crippen LogP contribution >= 0.6 is 23.1 Å². The summed E-state index contributed by atoms with van der Waals surface area (Å²) in [5.74, 6) is 5.11. The van der Waals surface area contributed by atoms with Crippen LogP contribution in [0.25, 0.3) is 21.3 Å². The molecule has 0 unspecified atom stereocenters. The Labute approximate surface area is 192 Å². The molecule has 0 aliphatic carbocycles. The van der Waals surface area contributed by atoms with Crippen molar-refractivity contribution in [3.8, 4) is 22.6 Å². The topological polar surface area (TPSA) is 108 Å². The van der Waals surface area contributed by atoms with Gasteiger partial charge in [0.25, 0.3) is 5.56 Å². The fourth-order valence-corrected chi connectivity index (χ4v) is 4.98. The van der Waals surface area contributed by atoms with Crippen LogP contribution in [0.5, 0.6) is 11.5 Å². The first kappa shape index (κ1) is 21.2. The number of hydrogen-bond donors (Lipinski definition) is 2. The normalized spacial score (nSPS) is 13.9. The zero-order valence-corrected chi connectivity index (χ0v) is 18.2. The number of thioether (sulfide) groups is 1. The largest absolute Gasteiger partial charge is 0.586 e. The third-order valence-corrected chi connectivity index (χ3v) is 6.53. The summed E-state index contributed by atoms with van der Waals surface area (Å²) in [6.45, 7) is 0. The molecule has 0 fully saturated rings. The van der Waals surface area contributed by atoms with Crippen LogP contribution in [0.15, 0.2) is 63.9 Å². The van der Waals surface area contributed by atoms with E-state index in [4.69, 9.17) is 5.84 Å². The second kappa shape index (κ2) is 8.05. The molecular formula is C21H14F2N4O4S2. The molecule has 2 aromatic carbocycles. The van der Waals surface area contributed by atoms with Crippen molar-refractivity contribution in [1.82, 2.24) is 9.66 Å². The number of thiophene rings is 1. The van der Waals surface area contributed by atoms with Crippen LogP contribution in [0.3, 0.4) is 0 Å². The van der Waals surface area contributed by atoms with E-state index in [2.05, 4.69) is 19.8 Å². The molecule has 0 radical (unpaired) electrons. The van der Waals surface area contributed by atoms with Gasteiger partial charge in [-0.2, -0.15) is 0 Å². The van der Waals surface area contributed by atoms with Crippen LogP contribution in [-0.2, 0) is 4.79 Å². The van der Waals surface area contributed by atoms with Crippen molar-refractivity contribution >= 4 is 44.9 Å². The van der Waals surface area contributed by atoms with Crippen LogP contribution in [0.4, 0.5) is 14.5 Å². The maximum Gasteiger partial charge on any atom is 0.586 e. The van der Waals surface area contributed by atoms with Gasteiger partial charge in [0.2, 0.25) is 5.91 Å². The van der Waals surface area contributed by atoms with Crippen molar-refractivity contribution in [3.05, 3.63) is 64.3 Å². The van der Waals surface area contributed by atoms with E-state index < -0.39 is 17.8 Å². The summed E-state index contributed by atoms with van der Waals surface area (Å²) in [5, 5.41) is 5.01. The van der Waals surface area contributed by atoms with Gasteiger partial charge in [-0.15, -0.1) is 20.1 Å². The molecule has 3 heterocycles. The molecule has 5 rings (SSSR count). The minimum Gasteiger partial charge on any atom is -0.395 e. The lowest BCUT2D eigenvalue weighted by Crippen LogP contribution is -2.30. The summed E-state index contributed by atoms with van der Waals surface area (Å²) < 4.78 is 35.9. The van der Waals surface area contributed by atoms with Gasteiger partial charge in [-0.05, 0) is 17.7 Å². The highest BCUT2D eigenvalue weighted by atomic mass is 32.2. The predicted octanol–water partition coefficient (Wildman–Crippen LogP) is 3.89. The standard InChI is InChI=1S/C21H14F2N4O4S2/c22-21(23)30-14-7-6-12(8-15(14)31-21)25-16(28)10-33-20-26-18-17(19(29)27(20)24)13(9-32-18)11-4-2-1-3-5-11/h1-9H,10,24H2,(H,25,28). The average molecular weight is 488 g/mol. The molecule has 0 bridgehead atoms. The van der Waals surface area contributed by atoms with Gasteiger partial charge in [-0.3, -0.25) is 9.59 Å². The molecule has 0 spiro atoms. The Morgan fingerprint density at radius 2 is 1.94 bits per heavy atom. The summed E-state index contributed by atoms with van der Waals surface area (Å²) in [6, 6.07) is 13.3. The molecule has 0 saturated carbocycles. The molecule has 168 valence electrons. The Hall–Kier alpha value is -3.64. The number of nitrogens with one attached hydrogen (secondary N) is 1. The van der Waals surface area contributed by atoms with E-state index in [-0.39, 0.29) is 28.1 Å². The Morgan fingerprint density at radius 3 is 2.73 bits per heavy atom. The molecule has 2 aromatic heterocycles. The number of halogens is 2.